The highest BCUT2D eigenvalue weighted by atomic mass is 19.1. The first-order valence-electron chi connectivity index (χ1n) is 5.64. The lowest BCUT2D eigenvalue weighted by molar-refractivity contribution is 0.0919. The Bertz CT molecular complexity index is 507. The molecule has 0 radical (unpaired) electrons. The van der Waals surface area contributed by atoms with Crippen LogP contribution in [0.3, 0.4) is 0 Å². The molecule has 3 nitrogen and oxygen atoms in total. The SMILES string of the molecule is CC(C)(C)NC(=O)c1cc(F)ccc1C#CCN. The van der Waals surface area contributed by atoms with Crippen LogP contribution in [0.25, 0.3) is 0 Å². The molecule has 0 aliphatic heterocycles. The monoisotopic (exact) mass is 248 g/mol. The third-order valence-electron chi connectivity index (χ3n) is 2.04. The molecule has 18 heavy (non-hydrogen) atoms. The maximum absolute atomic E-state index is 13.2. The molecular formula is C14H17FN2O. The fraction of sp³-hybridized carbons (Fsp3) is 0.357. The minimum atomic E-state index is -0.465. The van der Waals surface area contributed by atoms with Gasteiger partial charge in [-0.3, -0.25) is 4.79 Å². The molecule has 3 N–H and O–H groups in total. The summed E-state index contributed by atoms with van der Waals surface area (Å²) in [5, 5.41) is 2.77. The fourth-order valence-corrected chi connectivity index (χ4v) is 1.37. The van der Waals surface area contributed by atoms with Crippen LogP contribution in [0.4, 0.5) is 4.39 Å². The highest BCUT2D eigenvalue weighted by Gasteiger charge is 2.17. The van der Waals surface area contributed by atoms with Crippen LogP contribution in [0, 0.1) is 17.7 Å². The molecule has 1 aromatic rings. The van der Waals surface area contributed by atoms with Crippen molar-refractivity contribution in [2.75, 3.05) is 6.54 Å². The molecule has 0 saturated heterocycles. The lowest BCUT2D eigenvalue weighted by atomic mass is 10.0. The standard InChI is InChI=1S/C14H17FN2O/c1-14(2,3)17-13(18)12-9-11(15)7-6-10(12)5-4-8-16/h6-7,9H,8,16H2,1-3H3,(H,17,18). The molecule has 0 unspecified atom stereocenters. The van der Waals surface area contributed by atoms with Crippen LogP contribution in [0.5, 0.6) is 0 Å². The highest BCUT2D eigenvalue weighted by Crippen LogP contribution is 2.12. The number of amides is 1. The van der Waals surface area contributed by atoms with Gasteiger partial charge in [0.1, 0.15) is 5.82 Å². The van der Waals surface area contributed by atoms with E-state index in [9.17, 15) is 9.18 Å². The lowest BCUT2D eigenvalue weighted by Crippen LogP contribution is -2.40. The molecule has 0 fully saturated rings. The van der Waals surface area contributed by atoms with Crippen molar-refractivity contribution in [1.29, 1.82) is 0 Å². The number of nitrogens with one attached hydrogen (secondary N) is 1. The molecule has 0 aliphatic carbocycles. The van der Waals surface area contributed by atoms with Gasteiger partial charge in [-0.05, 0) is 39.0 Å². The van der Waals surface area contributed by atoms with Crippen LogP contribution in [0.2, 0.25) is 0 Å². The summed E-state index contributed by atoms with van der Waals surface area (Å²) < 4.78 is 13.2. The van der Waals surface area contributed by atoms with Crippen molar-refractivity contribution in [3.63, 3.8) is 0 Å². The van der Waals surface area contributed by atoms with Crippen molar-refractivity contribution in [2.45, 2.75) is 26.3 Å². The Hall–Kier alpha value is -1.86. The van der Waals surface area contributed by atoms with Crippen molar-refractivity contribution < 1.29 is 9.18 Å². The second kappa shape index (κ2) is 5.65. The number of benzene rings is 1. The van der Waals surface area contributed by atoms with Crippen molar-refractivity contribution in [3.05, 3.63) is 35.1 Å². The van der Waals surface area contributed by atoms with Crippen LogP contribution in [-0.2, 0) is 0 Å². The van der Waals surface area contributed by atoms with E-state index in [1.165, 1.54) is 18.2 Å². The van der Waals surface area contributed by atoms with E-state index in [1.807, 2.05) is 20.8 Å². The topological polar surface area (TPSA) is 55.1 Å². The van der Waals surface area contributed by atoms with E-state index in [0.29, 0.717) is 5.56 Å². The van der Waals surface area contributed by atoms with Gasteiger partial charge in [-0.25, -0.2) is 4.39 Å². The van der Waals surface area contributed by atoms with Crippen LogP contribution in [0.15, 0.2) is 18.2 Å². The quantitative estimate of drug-likeness (QED) is 0.743. The number of carbonyl (C=O) groups excluding carboxylic acids is 1. The number of rotatable bonds is 1. The Balaban J connectivity index is 3.13. The number of nitrogens with two attached hydrogens (primary N) is 1. The van der Waals surface area contributed by atoms with Gasteiger partial charge in [-0.15, -0.1) is 0 Å². The molecule has 0 spiro atoms. The molecule has 0 saturated carbocycles. The molecular weight excluding hydrogens is 231 g/mol. The Morgan fingerprint density at radius 3 is 2.67 bits per heavy atom. The Labute approximate surface area is 107 Å². The van der Waals surface area contributed by atoms with Crippen LogP contribution in [0.1, 0.15) is 36.7 Å². The Morgan fingerprint density at radius 1 is 1.44 bits per heavy atom. The molecule has 0 bridgehead atoms. The van der Waals surface area contributed by atoms with Crippen molar-refractivity contribution in [3.8, 4) is 11.8 Å². The van der Waals surface area contributed by atoms with Gasteiger partial charge in [0.05, 0.1) is 12.1 Å². The first-order chi connectivity index (χ1) is 8.33. The zero-order chi connectivity index (χ0) is 13.8. The van der Waals surface area contributed by atoms with E-state index in [-0.39, 0.29) is 23.6 Å². The van der Waals surface area contributed by atoms with Gasteiger partial charge in [0.25, 0.3) is 5.91 Å². The second-order valence-corrected chi connectivity index (χ2v) is 4.90. The van der Waals surface area contributed by atoms with Gasteiger partial charge in [0.15, 0.2) is 0 Å². The third-order valence-corrected chi connectivity index (χ3v) is 2.04. The molecule has 1 aromatic carbocycles. The molecule has 0 aliphatic rings. The van der Waals surface area contributed by atoms with Gasteiger partial charge in [-0.1, -0.05) is 11.8 Å². The smallest absolute Gasteiger partial charge is 0.253 e. The van der Waals surface area contributed by atoms with Crippen molar-refractivity contribution in [1.82, 2.24) is 5.32 Å². The summed E-state index contributed by atoms with van der Waals surface area (Å²) in [4.78, 5) is 12.0. The molecule has 0 heterocycles. The zero-order valence-electron chi connectivity index (χ0n) is 10.8. The van der Waals surface area contributed by atoms with Gasteiger partial charge >= 0.3 is 0 Å². The maximum Gasteiger partial charge on any atom is 0.253 e. The van der Waals surface area contributed by atoms with Crippen LogP contribution < -0.4 is 11.1 Å². The minimum Gasteiger partial charge on any atom is -0.347 e. The molecule has 0 aromatic heterocycles. The van der Waals surface area contributed by atoms with E-state index >= 15 is 0 Å². The number of halogens is 1. The first-order valence-corrected chi connectivity index (χ1v) is 5.64. The van der Waals surface area contributed by atoms with E-state index in [4.69, 9.17) is 5.73 Å². The lowest BCUT2D eigenvalue weighted by Gasteiger charge is -2.21. The average Bonchev–Trinajstić information content (AvgIpc) is 2.25. The number of hydrogen-bond acceptors (Lipinski definition) is 2. The van der Waals surface area contributed by atoms with Gasteiger partial charge < -0.3 is 11.1 Å². The summed E-state index contributed by atoms with van der Waals surface area (Å²) in [5.74, 6) is 4.61. The summed E-state index contributed by atoms with van der Waals surface area (Å²) in [6.45, 7) is 5.76. The summed E-state index contributed by atoms with van der Waals surface area (Å²) in [6, 6.07) is 3.94. The minimum absolute atomic E-state index is 0.192. The zero-order valence-corrected chi connectivity index (χ0v) is 10.8. The first kappa shape index (κ1) is 14.2. The van der Waals surface area contributed by atoms with E-state index in [2.05, 4.69) is 17.2 Å². The Morgan fingerprint density at radius 2 is 2.11 bits per heavy atom. The summed E-state index contributed by atoms with van der Waals surface area (Å²) in [5.41, 5.74) is 5.60. The highest BCUT2D eigenvalue weighted by molar-refractivity contribution is 5.97. The predicted octanol–water partition coefficient (Wildman–Crippen LogP) is 1.66. The number of carbonyl (C=O) groups is 1. The normalized spacial score (nSPS) is 10.5. The third kappa shape index (κ3) is 4.19. The summed E-state index contributed by atoms with van der Waals surface area (Å²) >= 11 is 0. The molecule has 1 rings (SSSR count). The Kier molecular flexibility index (Phi) is 4.46. The van der Waals surface area contributed by atoms with Crippen molar-refractivity contribution in [2.24, 2.45) is 5.73 Å². The fourth-order valence-electron chi connectivity index (χ4n) is 1.37. The summed E-state index contributed by atoms with van der Waals surface area (Å²) in [7, 11) is 0. The second-order valence-electron chi connectivity index (χ2n) is 4.90. The van der Waals surface area contributed by atoms with Gasteiger partial charge in [0, 0.05) is 11.1 Å². The largest absolute Gasteiger partial charge is 0.347 e. The molecule has 0 atom stereocenters. The van der Waals surface area contributed by atoms with Crippen molar-refractivity contribution >= 4 is 5.91 Å². The van der Waals surface area contributed by atoms with E-state index in [1.54, 1.807) is 0 Å². The average molecular weight is 248 g/mol. The number of hydrogen-bond donors (Lipinski definition) is 2. The molecule has 4 heteroatoms. The van der Waals surface area contributed by atoms with E-state index < -0.39 is 5.82 Å². The molecule has 1 amide bonds. The van der Waals surface area contributed by atoms with E-state index in [0.717, 1.165) is 0 Å². The van der Waals surface area contributed by atoms with Crippen LogP contribution >= 0.6 is 0 Å². The maximum atomic E-state index is 13.2. The van der Waals surface area contributed by atoms with Crippen LogP contribution in [-0.4, -0.2) is 18.0 Å². The molecule has 96 valence electrons. The summed E-state index contributed by atoms with van der Waals surface area (Å²) in [6.07, 6.45) is 0. The van der Waals surface area contributed by atoms with Gasteiger partial charge in [-0.2, -0.15) is 0 Å². The predicted molar refractivity (Wildman–Crippen MR) is 69.6 cm³/mol. The van der Waals surface area contributed by atoms with Gasteiger partial charge in [0.2, 0.25) is 0 Å².